The Kier molecular flexibility index (Phi) is 4.15. The van der Waals surface area contributed by atoms with Crippen LogP contribution in [0.5, 0.6) is 0 Å². The highest BCUT2D eigenvalue weighted by Gasteiger charge is 2.30. The molecule has 0 aromatic rings. The molecule has 5 nitrogen and oxygen atoms in total. The van der Waals surface area contributed by atoms with Gasteiger partial charge in [0.2, 0.25) is 5.91 Å². The molecule has 1 amide bonds. The van der Waals surface area contributed by atoms with Gasteiger partial charge in [-0.25, -0.2) is 0 Å². The van der Waals surface area contributed by atoms with Gasteiger partial charge in [0, 0.05) is 19.7 Å². The maximum absolute atomic E-state index is 11.7. The molecule has 92 valence electrons. The summed E-state index contributed by atoms with van der Waals surface area (Å²) in [6, 6.07) is 0.0202. The van der Waals surface area contributed by atoms with E-state index < -0.39 is 0 Å². The summed E-state index contributed by atoms with van der Waals surface area (Å²) >= 11 is 0. The quantitative estimate of drug-likeness (QED) is 0.723. The second kappa shape index (κ2) is 5.61. The van der Waals surface area contributed by atoms with Crippen LogP contribution in [0.1, 0.15) is 19.3 Å². The summed E-state index contributed by atoms with van der Waals surface area (Å²) in [6.07, 6.45) is 3.55. The number of carbonyl (C=O) groups is 1. The van der Waals surface area contributed by atoms with Gasteiger partial charge in [-0.05, 0) is 19.3 Å². The van der Waals surface area contributed by atoms with Gasteiger partial charge in [-0.3, -0.25) is 4.79 Å². The summed E-state index contributed by atoms with van der Waals surface area (Å²) in [7, 11) is 0. The molecule has 2 heterocycles. The zero-order valence-corrected chi connectivity index (χ0v) is 9.56. The molecule has 2 unspecified atom stereocenters. The molecule has 2 rings (SSSR count). The second-order valence-corrected chi connectivity index (χ2v) is 4.44. The van der Waals surface area contributed by atoms with E-state index in [0.29, 0.717) is 19.7 Å². The smallest absolute Gasteiger partial charge is 0.249 e. The van der Waals surface area contributed by atoms with Gasteiger partial charge >= 0.3 is 0 Å². The number of hydrogen-bond acceptors (Lipinski definition) is 4. The molecule has 0 aliphatic carbocycles. The standard InChI is InChI=1S/C11H20N2O3/c12-5-9-7-15-8-11(14)13(9)6-10-3-1-2-4-16-10/h9-10H,1-8,12H2. The van der Waals surface area contributed by atoms with Crippen LogP contribution in [0.2, 0.25) is 0 Å². The molecule has 0 spiro atoms. The SMILES string of the molecule is NCC1COCC(=O)N1CC1CCCCO1. The fourth-order valence-corrected chi connectivity index (χ4v) is 2.28. The number of rotatable bonds is 3. The Labute approximate surface area is 95.9 Å². The maximum atomic E-state index is 11.7. The maximum Gasteiger partial charge on any atom is 0.249 e. The molecule has 0 aromatic heterocycles. The van der Waals surface area contributed by atoms with Gasteiger partial charge in [-0.15, -0.1) is 0 Å². The summed E-state index contributed by atoms with van der Waals surface area (Å²) < 4.78 is 10.8. The Bertz CT molecular complexity index is 241. The van der Waals surface area contributed by atoms with E-state index in [4.69, 9.17) is 15.2 Å². The zero-order chi connectivity index (χ0) is 11.4. The largest absolute Gasteiger partial charge is 0.376 e. The lowest BCUT2D eigenvalue weighted by atomic mass is 10.1. The van der Waals surface area contributed by atoms with Gasteiger partial charge in [-0.1, -0.05) is 0 Å². The van der Waals surface area contributed by atoms with Crippen LogP contribution >= 0.6 is 0 Å². The topological polar surface area (TPSA) is 64.8 Å². The highest BCUT2D eigenvalue weighted by molar-refractivity contribution is 5.78. The monoisotopic (exact) mass is 228 g/mol. The first-order valence-corrected chi connectivity index (χ1v) is 6.00. The van der Waals surface area contributed by atoms with Crippen molar-refractivity contribution in [3.05, 3.63) is 0 Å². The molecule has 2 aliphatic heterocycles. The lowest BCUT2D eigenvalue weighted by Crippen LogP contribution is -2.55. The molecule has 0 bridgehead atoms. The number of ether oxygens (including phenoxy) is 2. The van der Waals surface area contributed by atoms with Crippen molar-refractivity contribution in [3.63, 3.8) is 0 Å². The number of hydrogen-bond donors (Lipinski definition) is 1. The average molecular weight is 228 g/mol. The lowest BCUT2D eigenvalue weighted by Gasteiger charge is -2.37. The van der Waals surface area contributed by atoms with Gasteiger partial charge in [0.15, 0.2) is 0 Å². The fraction of sp³-hybridized carbons (Fsp3) is 0.909. The molecule has 16 heavy (non-hydrogen) atoms. The molecular weight excluding hydrogens is 208 g/mol. The minimum absolute atomic E-state index is 0.0202. The molecule has 2 saturated heterocycles. The van der Waals surface area contributed by atoms with Crippen molar-refractivity contribution in [2.45, 2.75) is 31.4 Å². The number of morpholine rings is 1. The van der Waals surface area contributed by atoms with E-state index in [2.05, 4.69) is 0 Å². The van der Waals surface area contributed by atoms with E-state index in [1.54, 1.807) is 0 Å². The van der Waals surface area contributed by atoms with Crippen LogP contribution in [0.3, 0.4) is 0 Å². The normalized spacial score (nSPS) is 31.8. The third-order valence-electron chi connectivity index (χ3n) is 3.24. The predicted octanol–water partition coefficient (Wildman–Crippen LogP) is -0.258. The van der Waals surface area contributed by atoms with E-state index in [9.17, 15) is 4.79 Å². The predicted molar refractivity (Wildman–Crippen MR) is 59.0 cm³/mol. The van der Waals surface area contributed by atoms with Crippen LogP contribution < -0.4 is 5.73 Å². The summed E-state index contributed by atoms with van der Waals surface area (Å²) in [5.74, 6) is 0.0378. The van der Waals surface area contributed by atoms with Crippen LogP contribution in [0, 0.1) is 0 Å². The van der Waals surface area contributed by atoms with Gasteiger partial charge < -0.3 is 20.1 Å². The van der Waals surface area contributed by atoms with Crippen LogP contribution in [0.15, 0.2) is 0 Å². The molecule has 2 aliphatic rings. The van der Waals surface area contributed by atoms with Crippen LogP contribution in [-0.4, -0.2) is 55.9 Å². The number of carbonyl (C=O) groups excluding carboxylic acids is 1. The fourth-order valence-electron chi connectivity index (χ4n) is 2.28. The summed E-state index contributed by atoms with van der Waals surface area (Å²) in [4.78, 5) is 13.6. The van der Waals surface area contributed by atoms with Crippen LogP contribution in [-0.2, 0) is 14.3 Å². The third-order valence-corrected chi connectivity index (χ3v) is 3.24. The minimum Gasteiger partial charge on any atom is -0.376 e. The molecule has 0 saturated carbocycles. The van der Waals surface area contributed by atoms with Gasteiger partial charge in [-0.2, -0.15) is 0 Å². The molecule has 5 heteroatoms. The lowest BCUT2D eigenvalue weighted by molar-refractivity contribution is -0.151. The number of nitrogens with zero attached hydrogens (tertiary/aromatic N) is 1. The van der Waals surface area contributed by atoms with Gasteiger partial charge in [0.05, 0.1) is 18.8 Å². The zero-order valence-electron chi connectivity index (χ0n) is 9.56. The average Bonchev–Trinajstić information content (AvgIpc) is 2.33. The molecule has 0 aromatic carbocycles. The highest BCUT2D eigenvalue weighted by Crippen LogP contribution is 2.16. The molecule has 2 N–H and O–H groups in total. The van der Waals surface area contributed by atoms with Crippen LogP contribution in [0.4, 0.5) is 0 Å². The van der Waals surface area contributed by atoms with E-state index in [1.807, 2.05) is 4.90 Å². The third kappa shape index (κ3) is 2.72. The van der Waals surface area contributed by atoms with Crippen molar-refractivity contribution in [2.75, 3.05) is 32.9 Å². The second-order valence-electron chi connectivity index (χ2n) is 4.44. The Morgan fingerprint density at radius 1 is 1.44 bits per heavy atom. The van der Waals surface area contributed by atoms with Gasteiger partial charge in [0.25, 0.3) is 0 Å². The number of amides is 1. The first kappa shape index (κ1) is 11.8. The number of nitrogens with two attached hydrogens (primary N) is 1. The molecule has 2 atom stereocenters. The molecule has 2 fully saturated rings. The van der Waals surface area contributed by atoms with Crippen molar-refractivity contribution >= 4 is 5.91 Å². The van der Waals surface area contributed by atoms with E-state index in [0.717, 1.165) is 19.4 Å². The highest BCUT2D eigenvalue weighted by atomic mass is 16.5. The first-order chi connectivity index (χ1) is 7.81. The van der Waals surface area contributed by atoms with Crippen molar-refractivity contribution in [3.8, 4) is 0 Å². The van der Waals surface area contributed by atoms with Crippen molar-refractivity contribution in [1.29, 1.82) is 0 Å². The van der Waals surface area contributed by atoms with E-state index in [1.165, 1.54) is 6.42 Å². The van der Waals surface area contributed by atoms with E-state index >= 15 is 0 Å². The van der Waals surface area contributed by atoms with Crippen molar-refractivity contribution in [1.82, 2.24) is 4.90 Å². The minimum atomic E-state index is 0.0202. The summed E-state index contributed by atoms with van der Waals surface area (Å²) in [5.41, 5.74) is 5.65. The Hall–Kier alpha value is -0.650. The van der Waals surface area contributed by atoms with Gasteiger partial charge in [0.1, 0.15) is 6.61 Å². The van der Waals surface area contributed by atoms with Crippen molar-refractivity contribution in [2.24, 2.45) is 5.73 Å². The first-order valence-electron chi connectivity index (χ1n) is 6.00. The van der Waals surface area contributed by atoms with Crippen molar-refractivity contribution < 1.29 is 14.3 Å². The van der Waals surface area contributed by atoms with E-state index in [-0.39, 0.29) is 24.7 Å². The Morgan fingerprint density at radius 2 is 2.31 bits per heavy atom. The molecule has 0 radical (unpaired) electrons. The summed E-state index contributed by atoms with van der Waals surface area (Å²) in [5, 5.41) is 0. The Balaban J connectivity index is 1.91. The summed E-state index contributed by atoms with van der Waals surface area (Å²) in [6.45, 7) is 2.68. The Morgan fingerprint density at radius 3 is 3.00 bits per heavy atom. The van der Waals surface area contributed by atoms with Crippen LogP contribution in [0.25, 0.3) is 0 Å². The molecular formula is C11H20N2O3.